The van der Waals surface area contributed by atoms with Crippen LogP contribution in [0, 0.1) is 6.54 Å². The normalized spacial score (nSPS) is 19.1. The lowest BCUT2D eigenvalue weighted by atomic mass is 10.2. The lowest BCUT2D eigenvalue weighted by Gasteiger charge is -2.16. The highest BCUT2D eigenvalue weighted by atomic mass is 16.2. The van der Waals surface area contributed by atoms with Gasteiger partial charge in [0.05, 0.1) is 6.54 Å². The van der Waals surface area contributed by atoms with Gasteiger partial charge >= 0.3 is 0 Å². The van der Waals surface area contributed by atoms with Crippen molar-refractivity contribution in [2.45, 2.75) is 25.7 Å². The van der Waals surface area contributed by atoms with Crippen molar-refractivity contribution in [1.29, 1.82) is 0 Å². The van der Waals surface area contributed by atoms with Crippen LogP contribution in [-0.4, -0.2) is 17.4 Å². The van der Waals surface area contributed by atoms with Crippen LogP contribution < -0.4 is 0 Å². The summed E-state index contributed by atoms with van der Waals surface area (Å²) in [5.74, 6) is 0.0342. The molecule has 2 nitrogen and oxygen atoms in total. The molecule has 2 heteroatoms. The molecule has 1 aliphatic heterocycles. The Morgan fingerprint density at radius 2 is 2.27 bits per heavy atom. The summed E-state index contributed by atoms with van der Waals surface area (Å²) in [6.07, 6.45) is 5.97. The van der Waals surface area contributed by atoms with Crippen LogP contribution >= 0.6 is 0 Å². The first-order valence-corrected chi connectivity index (χ1v) is 4.11. The molecular formula is C9H14NO. The van der Waals surface area contributed by atoms with Crippen LogP contribution in [0.4, 0.5) is 0 Å². The van der Waals surface area contributed by atoms with Crippen molar-refractivity contribution in [3.63, 3.8) is 0 Å². The summed E-state index contributed by atoms with van der Waals surface area (Å²) >= 11 is 0. The molecule has 0 aromatic heterocycles. The van der Waals surface area contributed by atoms with Crippen LogP contribution in [0.5, 0.6) is 0 Å². The van der Waals surface area contributed by atoms with Gasteiger partial charge in [-0.15, -0.1) is 0 Å². The monoisotopic (exact) mass is 152 g/mol. The predicted octanol–water partition coefficient (Wildman–Crippen LogP) is 1.74. The Balaban J connectivity index is 2.42. The van der Waals surface area contributed by atoms with Gasteiger partial charge in [-0.1, -0.05) is 19.4 Å². The topological polar surface area (TPSA) is 20.3 Å². The molecule has 0 saturated carbocycles. The van der Waals surface area contributed by atoms with Crippen molar-refractivity contribution < 1.29 is 4.79 Å². The fourth-order valence-electron chi connectivity index (χ4n) is 1.26. The molecule has 0 N–H and O–H groups in total. The lowest BCUT2D eigenvalue weighted by molar-refractivity contribution is -0.124. The van der Waals surface area contributed by atoms with Crippen molar-refractivity contribution in [2.75, 3.05) is 6.54 Å². The zero-order valence-corrected chi connectivity index (χ0v) is 6.75. The van der Waals surface area contributed by atoms with E-state index in [1.807, 2.05) is 6.54 Å². The summed E-state index contributed by atoms with van der Waals surface area (Å²) in [7, 11) is 0. The third-order valence-electron chi connectivity index (χ3n) is 1.91. The van der Waals surface area contributed by atoms with Gasteiger partial charge in [-0.25, -0.2) is 0 Å². The van der Waals surface area contributed by atoms with Crippen molar-refractivity contribution in [2.24, 2.45) is 0 Å². The van der Waals surface area contributed by atoms with Gasteiger partial charge in [0.1, 0.15) is 0 Å². The first-order valence-electron chi connectivity index (χ1n) is 4.11. The number of hydrogen-bond acceptors (Lipinski definition) is 1. The zero-order chi connectivity index (χ0) is 8.10. The molecule has 1 fully saturated rings. The fourth-order valence-corrected chi connectivity index (χ4v) is 1.26. The molecule has 1 saturated heterocycles. The molecule has 1 aliphatic rings. The van der Waals surface area contributed by atoms with E-state index in [9.17, 15) is 4.79 Å². The minimum absolute atomic E-state index is 0.0342. The summed E-state index contributed by atoms with van der Waals surface area (Å²) in [6.45, 7) is 6.30. The summed E-state index contributed by atoms with van der Waals surface area (Å²) in [4.78, 5) is 12.9. The summed E-state index contributed by atoms with van der Waals surface area (Å²) in [5, 5.41) is 0. The van der Waals surface area contributed by atoms with Gasteiger partial charge in [0, 0.05) is 6.54 Å². The van der Waals surface area contributed by atoms with Crippen LogP contribution in [0.15, 0.2) is 12.7 Å². The molecular weight excluding hydrogens is 138 g/mol. The van der Waals surface area contributed by atoms with Crippen molar-refractivity contribution in [3.05, 3.63) is 19.2 Å². The molecule has 1 amide bonds. The van der Waals surface area contributed by atoms with Crippen molar-refractivity contribution in [1.82, 2.24) is 4.90 Å². The Labute approximate surface area is 67.9 Å². The predicted molar refractivity (Wildman–Crippen MR) is 44.7 cm³/mol. The van der Waals surface area contributed by atoms with Gasteiger partial charge in [-0.2, -0.15) is 0 Å². The third kappa shape index (κ3) is 2.37. The van der Waals surface area contributed by atoms with E-state index >= 15 is 0 Å². The van der Waals surface area contributed by atoms with Gasteiger partial charge in [-0.05, 0) is 18.9 Å². The molecule has 1 radical (unpaired) electrons. The molecule has 0 bridgehead atoms. The Bertz CT molecular complexity index is 146. The second-order valence-corrected chi connectivity index (χ2v) is 2.77. The maximum atomic E-state index is 11.1. The maximum absolute atomic E-state index is 11.1. The smallest absolute Gasteiger partial charge is 0.246 e. The van der Waals surface area contributed by atoms with Crippen LogP contribution in [0.3, 0.4) is 0 Å². The Kier molecular flexibility index (Phi) is 3.14. The molecule has 0 unspecified atom stereocenters. The van der Waals surface area contributed by atoms with E-state index < -0.39 is 0 Å². The highest BCUT2D eigenvalue weighted by Gasteiger charge is 2.11. The molecule has 0 spiro atoms. The second-order valence-electron chi connectivity index (χ2n) is 2.77. The summed E-state index contributed by atoms with van der Waals surface area (Å²) in [6, 6.07) is 0. The van der Waals surface area contributed by atoms with Crippen molar-refractivity contribution in [3.8, 4) is 0 Å². The van der Waals surface area contributed by atoms with Gasteiger partial charge in [0.2, 0.25) is 5.91 Å². The number of rotatable bonds is 1. The number of amides is 1. The molecule has 0 aliphatic carbocycles. The number of likely N-dealkylation sites (tertiary alicyclic amines) is 1. The first-order chi connectivity index (χ1) is 5.34. The minimum atomic E-state index is 0.0342. The average molecular weight is 152 g/mol. The highest BCUT2D eigenvalue weighted by Crippen LogP contribution is 2.12. The Morgan fingerprint density at radius 3 is 3.00 bits per heavy atom. The lowest BCUT2D eigenvalue weighted by Crippen LogP contribution is -2.26. The first kappa shape index (κ1) is 8.31. The molecule has 0 aromatic carbocycles. The second kappa shape index (κ2) is 4.16. The number of hydrogen-bond donors (Lipinski definition) is 0. The van der Waals surface area contributed by atoms with Crippen LogP contribution in [0.25, 0.3) is 0 Å². The minimum Gasteiger partial charge on any atom is -0.334 e. The van der Waals surface area contributed by atoms with Gasteiger partial charge in [0.15, 0.2) is 0 Å². The van der Waals surface area contributed by atoms with Crippen molar-refractivity contribution >= 4 is 5.91 Å². The van der Waals surface area contributed by atoms with E-state index in [1.165, 1.54) is 18.9 Å². The Morgan fingerprint density at radius 1 is 1.45 bits per heavy atom. The van der Waals surface area contributed by atoms with E-state index in [0.29, 0.717) is 0 Å². The fraction of sp³-hybridized carbons (Fsp3) is 0.556. The third-order valence-corrected chi connectivity index (χ3v) is 1.91. The maximum Gasteiger partial charge on any atom is 0.246 e. The standard InChI is InChI=1S/C9H14NO/c1-2-9(11)10-7-5-3-4-6-8-10/h2,7H,1,3-6,8H2. The van der Waals surface area contributed by atoms with Crippen LogP contribution in [-0.2, 0) is 4.79 Å². The largest absolute Gasteiger partial charge is 0.334 e. The van der Waals surface area contributed by atoms with E-state index in [1.54, 1.807) is 4.90 Å². The molecule has 61 valence electrons. The van der Waals surface area contributed by atoms with Crippen LogP contribution in [0.1, 0.15) is 25.7 Å². The SMILES string of the molecule is C=CC(=O)N1[CH]CCCCC1. The average Bonchev–Trinajstić information content (AvgIpc) is 2.30. The quantitative estimate of drug-likeness (QED) is 0.524. The Hall–Kier alpha value is -0.790. The molecule has 0 aromatic rings. The zero-order valence-electron chi connectivity index (χ0n) is 6.75. The number of nitrogens with zero attached hydrogens (tertiary/aromatic N) is 1. The van der Waals surface area contributed by atoms with Crippen LogP contribution in [0.2, 0.25) is 0 Å². The van der Waals surface area contributed by atoms with E-state index in [2.05, 4.69) is 6.58 Å². The van der Waals surface area contributed by atoms with E-state index in [-0.39, 0.29) is 5.91 Å². The van der Waals surface area contributed by atoms with E-state index in [4.69, 9.17) is 0 Å². The van der Waals surface area contributed by atoms with Gasteiger partial charge < -0.3 is 4.90 Å². The van der Waals surface area contributed by atoms with E-state index in [0.717, 1.165) is 19.4 Å². The number of carbonyl (C=O) groups excluding carboxylic acids is 1. The van der Waals surface area contributed by atoms with Gasteiger partial charge in [-0.3, -0.25) is 4.79 Å². The number of carbonyl (C=O) groups is 1. The molecule has 1 rings (SSSR count). The highest BCUT2D eigenvalue weighted by molar-refractivity contribution is 5.87. The summed E-state index contributed by atoms with van der Waals surface area (Å²) in [5.41, 5.74) is 0. The molecule has 11 heavy (non-hydrogen) atoms. The molecule has 1 heterocycles. The summed E-state index contributed by atoms with van der Waals surface area (Å²) < 4.78 is 0. The molecule has 0 atom stereocenters. The van der Waals surface area contributed by atoms with Gasteiger partial charge in [0.25, 0.3) is 0 Å².